The first kappa shape index (κ1) is 15.6. The van der Waals surface area contributed by atoms with Gasteiger partial charge < -0.3 is 4.74 Å². The van der Waals surface area contributed by atoms with Crippen LogP contribution in [0.1, 0.15) is 39.5 Å². The highest BCUT2D eigenvalue weighted by atomic mass is 16.5. The molecule has 6 heteroatoms. The van der Waals surface area contributed by atoms with Crippen molar-refractivity contribution >= 4 is 17.8 Å². The van der Waals surface area contributed by atoms with Crippen LogP contribution in [0.15, 0.2) is 0 Å². The highest BCUT2D eigenvalue weighted by Gasteiger charge is 2.34. The Morgan fingerprint density at radius 1 is 1.47 bits per heavy atom. The second-order valence-electron chi connectivity index (χ2n) is 4.64. The first-order valence-corrected chi connectivity index (χ1v) is 6.74. The molecule has 0 saturated carbocycles. The maximum Gasteiger partial charge on any atom is 0.323 e. The van der Waals surface area contributed by atoms with E-state index in [0.717, 1.165) is 11.3 Å². The highest BCUT2D eigenvalue weighted by molar-refractivity contribution is 6.00. The minimum atomic E-state index is -0.486. The van der Waals surface area contributed by atoms with Crippen molar-refractivity contribution in [2.45, 2.75) is 51.6 Å². The summed E-state index contributed by atoms with van der Waals surface area (Å²) in [6.45, 7) is 4.03. The van der Waals surface area contributed by atoms with Gasteiger partial charge in [0, 0.05) is 13.5 Å². The van der Waals surface area contributed by atoms with Crippen molar-refractivity contribution in [3.63, 3.8) is 0 Å². The quantitative estimate of drug-likeness (QED) is 0.560. The number of amides is 2. The smallest absolute Gasteiger partial charge is 0.323 e. The van der Waals surface area contributed by atoms with Crippen LogP contribution < -0.4 is 5.32 Å². The monoisotopic (exact) mass is 270 g/mol. The van der Waals surface area contributed by atoms with E-state index in [1.165, 1.54) is 7.05 Å². The van der Waals surface area contributed by atoms with E-state index >= 15 is 0 Å². The van der Waals surface area contributed by atoms with Gasteiger partial charge in [-0.2, -0.15) is 0 Å². The molecule has 2 unspecified atom stereocenters. The molecule has 2 atom stereocenters. The first-order valence-electron chi connectivity index (χ1n) is 6.74. The molecule has 0 radical (unpaired) electrons. The van der Waals surface area contributed by atoms with Crippen molar-refractivity contribution < 1.29 is 19.1 Å². The van der Waals surface area contributed by atoms with Gasteiger partial charge in [-0.05, 0) is 19.8 Å². The lowest BCUT2D eigenvalue weighted by Gasteiger charge is -2.30. The summed E-state index contributed by atoms with van der Waals surface area (Å²) in [7, 11) is 1.47. The summed E-state index contributed by atoms with van der Waals surface area (Å²) >= 11 is 0. The van der Waals surface area contributed by atoms with Crippen LogP contribution >= 0.6 is 0 Å². The molecule has 0 spiro atoms. The summed E-state index contributed by atoms with van der Waals surface area (Å²) in [5.41, 5.74) is 0. The molecule has 1 fully saturated rings. The third-order valence-electron chi connectivity index (χ3n) is 3.20. The van der Waals surface area contributed by atoms with Gasteiger partial charge in [0.1, 0.15) is 6.04 Å². The molecule has 19 heavy (non-hydrogen) atoms. The lowest BCUT2D eigenvalue weighted by atomic mass is 10.0. The zero-order chi connectivity index (χ0) is 14.4. The molecule has 0 aliphatic carbocycles. The Morgan fingerprint density at radius 2 is 2.16 bits per heavy atom. The minimum absolute atomic E-state index is 0.175. The van der Waals surface area contributed by atoms with Gasteiger partial charge in [0.2, 0.25) is 11.8 Å². The fraction of sp³-hybridized carbons (Fsp3) is 0.769. The number of carbonyl (C=O) groups excluding carboxylic acids is 3. The van der Waals surface area contributed by atoms with Crippen molar-refractivity contribution in [2.75, 3.05) is 13.7 Å². The van der Waals surface area contributed by atoms with Gasteiger partial charge in [-0.1, -0.05) is 13.3 Å². The number of nitrogens with one attached hydrogen (secondary N) is 1. The second kappa shape index (κ2) is 7.23. The van der Waals surface area contributed by atoms with Crippen molar-refractivity contribution in [1.82, 2.24) is 10.2 Å². The molecular weight excluding hydrogens is 248 g/mol. The number of hydrogen-bond donors (Lipinski definition) is 1. The predicted molar refractivity (Wildman–Crippen MR) is 69.3 cm³/mol. The summed E-state index contributed by atoms with van der Waals surface area (Å²) in [4.78, 5) is 36.2. The molecule has 1 aliphatic rings. The molecule has 0 aromatic rings. The molecule has 1 heterocycles. The zero-order valence-corrected chi connectivity index (χ0v) is 11.8. The van der Waals surface area contributed by atoms with Crippen molar-refractivity contribution in [3.8, 4) is 0 Å². The second-order valence-corrected chi connectivity index (χ2v) is 4.64. The number of ether oxygens (including phenoxy) is 1. The van der Waals surface area contributed by atoms with Crippen molar-refractivity contribution in [1.29, 1.82) is 0 Å². The van der Waals surface area contributed by atoms with E-state index in [4.69, 9.17) is 4.74 Å². The van der Waals surface area contributed by atoms with E-state index in [2.05, 4.69) is 5.32 Å². The first-order chi connectivity index (χ1) is 9.01. The van der Waals surface area contributed by atoms with Crippen LogP contribution in [0.4, 0.5) is 0 Å². The normalized spacial score (nSPS) is 21.4. The SMILES string of the molecule is CCCC(NC1CCC(=O)N(C)C1=O)C(=O)OCC. The molecule has 1 N–H and O–H groups in total. The van der Waals surface area contributed by atoms with Gasteiger partial charge in [-0.25, -0.2) is 0 Å². The maximum atomic E-state index is 11.9. The van der Waals surface area contributed by atoms with Crippen LogP contribution in [-0.2, 0) is 19.1 Å². The average molecular weight is 270 g/mol. The molecule has 0 aromatic carbocycles. The summed E-state index contributed by atoms with van der Waals surface area (Å²) in [5.74, 6) is -0.787. The fourth-order valence-electron chi connectivity index (χ4n) is 2.11. The zero-order valence-electron chi connectivity index (χ0n) is 11.8. The number of likely N-dealkylation sites (tertiary alicyclic amines) is 1. The Balaban J connectivity index is 2.65. The lowest BCUT2D eigenvalue weighted by molar-refractivity contribution is -0.149. The predicted octanol–water partition coefficient (Wildman–Crippen LogP) is 0.455. The molecule has 2 amide bonds. The van der Waals surface area contributed by atoms with Gasteiger partial charge in [0.15, 0.2) is 0 Å². The van der Waals surface area contributed by atoms with Gasteiger partial charge in [-0.15, -0.1) is 0 Å². The van der Waals surface area contributed by atoms with E-state index < -0.39 is 12.1 Å². The maximum absolute atomic E-state index is 11.9. The van der Waals surface area contributed by atoms with E-state index in [-0.39, 0.29) is 17.8 Å². The van der Waals surface area contributed by atoms with Gasteiger partial charge in [-0.3, -0.25) is 24.6 Å². The Kier molecular flexibility index (Phi) is 5.95. The third-order valence-corrected chi connectivity index (χ3v) is 3.20. The summed E-state index contributed by atoms with van der Waals surface area (Å²) in [5, 5.41) is 3.02. The molecule has 0 aromatic heterocycles. The number of carbonyl (C=O) groups is 3. The Hall–Kier alpha value is -1.43. The van der Waals surface area contributed by atoms with Crippen molar-refractivity contribution in [3.05, 3.63) is 0 Å². The Labute approximate surface area is 113 Å². The largest absolute Gasteiger partial charge is 0.465 e. The minimum Gasteiger partial charge on any atom is -0.465 e. The molecule has 6 nitrogen and oxygen atoms in total. The van der Waals surface area contributed by atoms with Crippen LogP contribution in [0.25, 0.3) is 0 Å². The van der Waals surface area contributed by atoms with Gasteiger partial charge in [0.25, 0.3) is 0 Å². The lowest BCUT2D eigenvalue weighted by Crippen LogP contribution is -2.55. The van der Waals surface area contributed by atoms with Gasteiger partial charge in [0.05, 0.1) is 12.6 Å². The number of esters is 1. The number of likely N-dealkylation sites (N-methyl/N-ethyl adjacent to an activating group) is 1. The topological polar surface area (TPSA) is 75.7 Å². The van der Waals surface area contributed by atoms with E-state index in [0.29, 0.717) is 25.9 Å². The third kappa shape index (κ3) is 4.02. The number of nitrogens with zero attached hydrogens (tertiary/aromatic N) is 1. The average Bonchev–Trinajstić information content (AvgIpc) is 2.38. The van der Waals surface area contributed by atoms with E-state index in [9.17, 15) is 14.4 Å². The van der Waals surface area contributed by atoms with Crippen LogP contribution in [0.5, 0.6) is 0 Å². The van der Waals surface area contributed by atoms with Gasteiger partial charge >= 0.3 is 5.97 Å². The van der Waals surface area contributed by atoms with E-state index in [1.54, 1.807) is 6.92 Å². The van der Waals surface area contributed by atoms with Crippen LogP contribution in [-0.4, -0.2) is 48.4 Å². The summed E-state index contributed by atoms with van der Waals surface area (Å²) < 4.78 is 4.99. The summed E-state index contributed by atoms with van der Waals surface area (Å²) in [6, 6.07) is -0.968. The Morgan fingerprint density at radius 3 is 2.74 bits per heavy atom. The van der Waals surface area contributed by atoms with Crippen molar-refractivity contribution in [2.24, 2.45) is 0 Å². The standard InChI is InChI=1S/C13H22N2O4/c1-4-6-10(13(18)19-5-2)14-9-7-8-11(16)15(3)12(9)17/h9-10,14H,4-8H2,1-3H3. The van der Waals surface area contributed by atoms with Crippen LogP contribution in [0, 0.1) is 0 Å². The van der Waals surface area contributed by atoms with Crippen LogP contribution in [0.2, 0.25) is 0 Å². The molecule has 108 valence electrons. The van der Waals surface area contributed by atoms with Crippen LogP contribution in [0.3, 0.4) is 0 Å². The molecule has 1 rings (SSSR count). The molecule has 1 aliphatic heterocycles. The fourth-order valence-corrected chi connectivity index (χ4v) is 2.11. The number of piperidine rings is 1. The highest BCUT2D eigenvalue weighted by Crippen LogP contribution is 2.13. The molecular formula is C13H22N2O4. The number of rotatable bonds is 6. The van der Waals surface area contributed by atoms with E-state index in [1.807, 2.05) is 6.92 Å². The Bertz CT molecular complexity index is 357. The summed E-state index contributed by atoms with van der Waals surface area (Å²) in [6.07, 6.45) is 2.18. The number of imide groups is 1. The molecule has 0 bridgehead atoms. The molecule has 1 saturated heterocycles. The number of hydrogen-bond acceptors (Lipinski definition) is 5.